The van der Waals surface area contributed by atoms with Crippen LogP contribution in [0.3, 0.4) is 0 Å². The van der Waals surface area contributed by atoms with Crippen LogP contribution in [0.4, 0.5) is 17.6 Å². The fraction of sp³-hybridized carbons (Fsp3) is 0.400. The maximum atomic E-state index is 12.8. The van der Waals surface area contributed by atoms with Crippen molar-refractivity contribution in [2.24, 2.45) is 5.73 Å². The molecule has 0 saturated heterocycles. The second-order valence-corrected chi connectivity index (χ2v) is 3.98. The van der Waals surface area contributed by atoms with Crippen molar-refractivity contribution < 1.29 is 22.7 Å². The molecule has 0 amide bonds. The molecule has 0 radical (unpaired) electrons. The Morgan fingerprint density at radius 2 is 1.89 bits per heavy atom. The van der Waals surface area contributed by atoms with Gasteiger partial charge in [0, 0.05) is 6.42 Å². The minimum absolute atomic E-state index is 0. The maximum Gasteiger partial charge on any atom is 0.403 e. The van der Waals surface area contributed by atoms with E-state index in [9.17, 15) is 22.7 Å². The zero-order valence-corrected chi connectivity index (χ0v) is 10.5. The zero-order chi connectivity index (χ0) is 13.2. The summed E-state index contributed by atoms with van der Waals surface area (Å²) >= 11 is 5.44. The Labute approximate surface area is 112 Å². The van der Waals surface area contributed by atoms with E-state index in [-0.39, 0.29) is 23.0 Å². The molecule has 0 aliphatic heterocycles. The molecule has 0 fully saturated rings. The van der Waals surface area contributed by atoms with Crippen LogP contribution in [0.5, 0.6) is 0 Å². The molecular formula is C10H11Cl2F4NO. The molecule has 0 saturated carbocycles. The van der Waals surface area contributed by atoms with Gasteiger partial charge in [-0.1, -0.05) is 17.7 Å². The van der Waals surface area contributed by atoms with Gasteiger partial charge in [-0.3, -0.25) is 0 Å². The van der Waals surface area contributed by atoms with Crippen LogP contribution >= 0.6 is 24.0 Å². The SMILES string of the molecule is Cl.N[C@H](C[C@@H](O)c1ccc(F)c(Cl)c1)C(F)(F)F. The summed E-state index contributed by atoms with van der Waals surface area (Å²) in [6, 6.07) is 1.07. The van der Waals surface area contributed by atoms with E-state index in [0.29, 0.717) is 0 Å². The Bertz CT molecular complexity index is 400. The number of alkyl halides is 3. The average molecular weight is 308 g/mol. The molecule has 1 aromatic rings. The summed E-state index contributed by atoms with van der Waals surface area (Å²) in [6.07, 6.45) is -6.72. The number of benzene rings is 1. The predicted molar refractivity (Wildman–Crippen MR) is 62.3 cm³/mol. The van der Waals surface area contributed by atoms with Gasteiger partial charge in [0.1, 0.15) is 11.9 Å². The Morgan fingerprint density at radius 3 is 2.33 bits per heavy atom. The van der Waals surface area contributed by atoms with E-state index in [4.69, 9.17) is 17.3 Å². The third-order valence-electron chi connectivity index (χ3n) is 2.23. The quantitative estimate of drug-likeness (QED) is 0.842. The van der Waals surface area contributed by atoms with Crippen LogP contribution in [0, 0.1) is 5.82 Å². The molecule has 2 nitrogen and oxygen atoms in total. The smallest absolute Gasteiger partial charge is 0.388 e. The van der Waals surface area contributed by atoms with Crippen molar-refractivity contribution in [2.75, 3.05) is 0 Å². The van der Waals surface area contributed by atoms with Gasteiger partial charge in [0.05, 0.1) is 11.1 Å². The lowest BCUT2D eigenvalue weighted by Gasteiger charge is -2.19. The van der Waals surface area contributed by atoms with E-state index < -0.39 is 30.6 Å². The summed E-state index contributed by atoms with van der Waals surface area (Å²) in [7, 11) is 0. The molecule has 3 N–H and O–H groups in total. The first kappa shape index (κ1) is 17.4. The minimum Gasteiger partial charge on any atom is -0.388 e. The predicted octanol–water partition coefficient (Wildman–Crippen LogP) is 3.21. The van der Waals surface area contributed by atoms with Gasteiger partial charge in [0.25, 0.3) is 0 Å². The zero-order valence-electron chi connectivity index (χ0n) is 8.92. The summed E-state index contributed by atoms with van der Waals surface area (Å²) in [4.78, 5) is 0. The number of hydrogen-bond donors (Lipinski definition) is 2. The number of hydrogen-bond acceptors (Lipinski definition) is 2. The van der Waals surface area contributed by atoms with Crippen LogP contribution in [0.1, 0.15) is 18.1 Å². The van der Waals surface area contributed by atoms with Crippen molar-refractivity contribution in [3.05, 3.63) is 34.6 Å². The first-order chi connectivity index (χ1) is 7.71. The van der Waals surface area contributed by atoms with Gasteiger partial charge in [-0.25, -0.2) is 4.39 Å². The topological polar surface area (TPSA) is 46.2 Å². The van der Waals surface area contributed by atoms with Crippen LogP contribution in [0.15, 0.2) is 18.2 Å². The fourth-order valence-electron chi connectivity index (χ4n) is 1.23. The van der Waals surface area contributed by atoms with E-state index >= 15 is 0 Å². The van der Waals surface area contributed by atoms with E-state index in [0.717, 1.165) is 18.2 Å². The molecule has 0 aromatic heterocycles. The molecule has 2 atom stereocenters. The molecule has 0 heterocycles. The van der Waals surface area contributed by atoms with Crippen molar-refractivity contribution in [3.63, 3.8) is 0 Å². The second kappa shape index (κ2) is 6.56. The number of rotatable bonds is 3. The van der Waals surface area contributed by atoms with Crippen LogP contribution in [-0.4, -0.2) is 17.3 Å². The van der Waals surface area contributed by atoms with E-state index in [1.807, 2.05) is 0 Å². The molecule has 0 spiro atoms. The van der Waals surface area contributed by atoms with Crippen LogP contribution in [-0.2, 0) is 0 Å². The highest BCUT2D eigenvalue weighted by Gasteiger charge is 2.37. The van der Waals surface area contributed by atoms with Gasteiger partial charge < -0.3 is 10.8 Å². The van der Waals surface area contributed by atoms with Crippen molar-refractivity contribution in [1.29, 1.82) is 0 Å². The molecule has 1 rings (SSSR count). The highest BCUT2D eigenvalue weighted by molar-refractivity contribution is 6.30. The van der Waals surface area contributed by atoms with Gasteiger partial charge in [-0.2, -0.15) is 13.2 Å². The maximum absolute atomic E-state index is 12.8. The van der Waals surface area contributed by atoms with Gasteiger partial charge in [-0.05, 0) is 17.7 Å². The van der Waals surface area contributed by atoms with Crippen molar-refractivity contribution in [2.45, 2.75) is 24.7 Å². The van der Waals surface area contributed by atoms with E-state index in [2.05, 4.69) is 0 Å². The lowest BCUT2D eigenvalue weighted by Crippen LogP contribution is -2.38. The first-order valence-corrected chi connectivity index (χ1v) is 5.05. The Hall–Kier alpha value is -0.560. The largest absolute Gasteiger partial charge is 0.403 e. The summed E-state index contributed by atoms with van der Waals surface area (Å²) in [5.41, 5.74) is 4.96. The lowest BCUT2D eigenvalue weighted by molar-refractivity contribution is -0.153. The third-order valence-corrected chi connectivity index (χ3v) is 2.52. The molecule has 0 bridgehead atoms. The normalized spacial score (nSPS) is 14.8. The van der Waals surface area contributed by atoms with Crippen LogP contribution < -0.4 is 5.73 Å². The minimum atomic E-state index is -4.58. The van der Waals surface area contributed by atoms with E-state index in [1.54, 1.807) is 0 Å². The number of aliphatic hydroxyl groups excluding tert-OH is 1. The Kier molecular flexibility index (Phi) is 6.36. The van der Waals surface area contributed by atoms with Crippen molar-refractivity contribution in [1.82, 2.24) is 0 Å². The highest BCUT2D eigenvalue weighted by Crippen LogP contribution is 2.28. The van der Waals surface area contributed by atoms with Gasteiger partial charge in [-0.15, -0.1) is 12.4 Å². The monoisotopic (exact) mass is 307 g/mol. The second-order valence-electron chi connectivity index (χ2n) is 3.57. The average Bonchev–Trinajstić information content (AvgIpc) is 2.20. The summed E-state index contributed by atoms with van der Waals surface area (Å²) in [5.74, 6) is -0.706. The Morgan fingerprint density at radius 1 is 1.33 bits per heavy atom. The summed E-state index contributed by atoms with van der Waals surface area (Å²) < 4.78 is 49.2. The standard InChI is InChI=1S/C10H10ClF4NO.ClH/c11-6-3-5(1-2-7(6)12)8(17)4-9(16)10(13,14)15;/h1-3,8-9,17H,4,16H2;1H/t8-,9-;/m1./s1. The molecular weight excluding hydrogens is 297 g/mol. The van der Waals surface area contributed by atoms with Gasteiger partial charge in [0.2, 0.25) is 0 Å². The van der Waals surface area contributed by atoms with Gasteiger partial charge >= 0.3 is 6.18 Å². The van der Waals surface area contributed by atoms with Crippen molar-refractivity contribution in [3.8, 4) is 0 Å². The number of halogens is 6. The summed E-state index contributed by atoms with van der Waals surface area (Å²) in [6.45, 7) is 0. The van der Waals surface area contributed by atoms with Gasteiger partial charge in [0.15, 0.2) is 0 Å². The van der Waals surface area contributed by atoms with Crippen molar-refractivity contribution >= 4 is 24.0 Å². The van der Waals surface area contributed by atoms with Crippen LogP contribution in [0.25, 0.3) is 0 Å². The van der Waals surface area contributed by atoms with E-state index in [1.165, 1.54) is 0 Å². The molecule has 18 heavy (non-hydrogen) atoms. The number of nitrogens with two attached hydrogens (primary N) is 1. The fourth-order valence-corrected chi connectivity index (χ4v) is 1.42. The third kappa shape index (κ3) is 4.61. The highest BCUT2D eigenvalue weighted by atomic mass is 35.5. The molecule has 104 valence electrons. The molecule has 1 aromatic carbocycles. The molecule has 8 heteroatoms. The molecule has 0 unspecified atom stereocenters. The lowest BCUT2D eigenvalue weighted by atomic mass is 10.0. The molecule has 0 aliphatic carbocycles. The first-order valence-electron chi connectivity index (χ1n) is 4.67. The summed E-state index contributed by atoms with van der Waals surface area (Å²) in [5, 5.41) is 9.25. The molecule has 0 aliphatic rings. The number of aliphatic hydroxyl groups is 1. The van der Waals surface area contributed by atoms with Crippen LogP contribution in [0.2, 0.25) is 5.02 Å². The Balaban J connectivity index is 0.00000289.